The van der Waals surface area contributed by atoms with Crippen LogP contribution in [-0.2, 0) is 6.54 Å². The van der Waals surface area contributed by atoms with E-state index in [4.69, 9.17) is 0 Å². The molecule has 0 aliphatic rings. The van der Waals surface area contributed by atoms with Crippen LogP contribution in [0.25, 0.3) is 0 Å². The molecule has 0 unspecified atom stereocenters. The van der Waals surface area contributed by atoms with Gasteiger partial charge in [0.05, 0.1) is 0 Å². The van der Waals surface area contributed by atoms with Crippen LogP contribution in [0.1, 0.15) is 11.1 Å². The molecule has 0 aliphatic carbocycles. The number of hydrogen-bond donors (Lipinski definition) is 0. The molecule has 0 bridgehead atoms. The van der Waals surface area contributed by atoms with Crippen molar-refractivity contribution >= 4 is 21.7 Å². The van der Waals surface area contributed by atoms with Crippen molar-refractivity contribution in [3.63, 3.8) is 0 Å². The molecule has 0 atom stereocenters. The fourth-order valence-electron chi connectivity index (χ4n) is 1.75. The molecule has 94 valence electrons. The molecule has 1 heterocycles. The summed E-state index contributed by atoms with van der Waals surface area (Å²) in [4.78, 5) is 6.35. The second-order valence-corrected chi connectivity index (χ2v) is 5.19. The Labute approximate surface area is 115 Å². The highest BCUT2D eigenvalue weighted by atomic mass is 79.9. The predicted octanol–water partition coefficient (Wildman–Crippen LogP) is 3.93. The summed E-state index contributed by atoms with van der Waals surface area (Å²) in [5.74, 6) is 0.725. The molecule has 0 saturated carbocycles. The molecule has 0 aliphatic heterocycles. The van der Waals surface area contributed by atoms with Gasteiger partial charge in [-0.05, 0) is 52.2 Å². The molecule has 1 aromatic heterocycles. The van der Waals surface area contributed by atoms with E-state index in [2.05, 4.69) is 20.9 Å². The lowest BCUT2D eigenvalue weighted by Crippen LogP contribution is -2.17. The van der Waals surface area contributed by atoms with Gasteiger partial charge in [0, 0.05) is 24.3 Å². The van der Waals surface area contributed by atoms with Gasteiger partial charge in [-0.2, -0.15) is 0 Å². The van der Waals surface area contributed by atoms with Crippen molar-refractivity contribution < 1.29 is 4.39 Å². The first-order chi connectivity index (χ1) is 8.56. The monoisotopic (exact) mass is 308 g/mol. The van der Waals surface area contributed by atoms with E-state index in [0.29, 0.717) is 12.1 Å². The van der Waals surface area contributed by atoms with Crippen molar-refractivity contribution in [1.82, 2.24) is 4.98 Å². The Hall–Kier alpha value is -1.42. The van der Waals surface area contributed by atoms with E-state index in [9.17, 15) is 4.39 Å². The summed E-state index contributed by atoms with van der Waals surface area (Å²) in [6.45, 7) is 2.48. The van der Waals surface area contributed by atoms with E-state index in [1.54, 1.807) is 19.2 Å². The highest BCUT2D eigenvalue weighted by Gasteiger charge is 2.05. The van der Waals surface area contributed by atoms with E-state index in [-0.39, 0.29) is 5.82 Å². The number of halogens is 2. The summed E-state index contributed by atoms with van der Waals surface area (Å²) >= 11 is 3.36. The van der Waals surface area contributed by atoms with Gasteiger partial charge in [-0.1, -0.05) is 12.1 Å². The lowest BCUT2D eigenvalue weighted by atomic mass is 10.1. The van der Waals surface area contributed by atoms with E-state index < -0.39 is 0 Å². The zero-order valence-corrected chi connectivity index (χ0v) is 11.9. The van der Waals surface area contributed by atoms with Crippen LogP contribution in [0.4, 0.5) is 10.2 Å². The molecule has 0 amide bonds. The Morgan fingerprint density at radius 2 is 2.06 bits per heavy atom. The van der Waals surface area contributed by atoms with E-state index in [0.717, 1.165) is 15.9 Å². The van der Waals surface area contributed by atoms with Crippen LogP contribution in [0.5, 0.6) is 0 Å². The summed E-state index contributed by atoms with van der Waals surface area (Å²) in [6.07, 6.45) is 1.77. The molecule has 4 heteroatoms. The maximum Gasteiger partial charge on any atom is 0.128 e. The van der Waals surface area contributed by atoms with Gasteiger partial charge in [0.2, 0.25) is 0 Å². The minimum atomic E-state index is -0.164. The van der Waals surface area contributed by atoms with Crippen molar-refractivity contribution in [2.24, 2.45) is 0 Å². The molecule has 18 heavy (non-hydrogen) atoms. The van der Waals surface area contributed by atoms with E-state index in [1.807, 2.05) is 30.1 Å². The summed E-state index contributed by atoms with van der Waals surface area (Å²) < 4.78 is 14.1. The van der Waals surface area contributed by atoms with Crippen LogP contribution in [0.15, 0.2) is 41.0 Å². The average molecular weight is 309 g/mol. The van der Waals surface area contributed by atoms with Gasteiger partial charge in [0.25, 0.3) is 0 Å². The minimum Gasteiger partial charge on any atom is -0.355 e. The van der Waals surface area contributed by atoms with Crippen molar-refractivity contribution in [3.8, 4) is 0 Å². The molecule has 0 spiro atoms. The molecule has 0 fully saturated rings. The molecule has 1 aromatic carbocycles. The SMILES string of the molecule is Cc1cc(CN(C)c2ccc(Br)cn2)ccc1F. The topological polar surface area (TPSA) is 16.1 Å². The maximum atomic E-state index is 13.2. The van der Waals surface area contributed by atoms with Gasteiger partial charge < -0.3 is 4.90 Å². The predicted molar refractivity (Wildman–Crippen MR) is 75.2 cm³/mol. The molecule has 2 nitrogen and oxygen atoms in total. The van der Waals surface area contributed by atoms with Gasteiger partial charge in [0.15, 0.2) is 0 Å². The van der Waals surface area contributed by atoms with Crippen LogP contribution in [0.2, 0.25) is 0 Å². The molecular formula is C14H14BrFN2. The van der Waals surface area contributed by atoms with Crippen molar-refractivity contribution in [1.29, 1.82) is 0 Å². The van der Waals surface area contributed by atoms with E-state index in [1.165, 1.54) is 6.07 Å². The number of pyridine rings is 1. The first kappa shape index (κ1) is 13.0. The fraction of sp³-hybridized carbons (Fsp3) is 0.214. The number of aromatic nitrogens is 1. The van der Waals surface area contributed by atoms with Crippen LogP contribution >= 0.6 is 15.9 Å². The van der Waals surface area contributed by atoms with Gasteiger partial charge >= 0.3 is 0 Å². The zero-order chi connectivity index (χ0) is 13.1. The number of nitrogens with zero attached hydrogens (tertiary/aromatic N) is 2. The Kier molecular flexibility index (Phi) is 3.97. The highest BCUT2D eigenvalue weighted by molar-refractivity contribution is 9.10. The molecule has 0 radical (unpaired) electrons. The van der Waals surface area contributed by atoms with E-state index >= 15 is 0 Å². The number of rotatable bonds is 3. The third-order valence-electron chi connectivity index (χ3n) is 2.74. The largest absolute Gasteiger partial charge is 0.355 e. The van der Waals surface area contributed by atoms with Gasteiger partial charge in [-0.15, -0.1) is 0 Å². The second-order valence-electron chi connectivity index (χ2n) is 4.27. The number of hydrogen-bond acceptors (Lipinski definition) is 2. The van der Waals surface area contributed by atoms with Gasteiger partial charge in [-0.25, -0.2) is 9.37 Å². The third kappa shape index (κ3) is 3.07. The summed E-state index contributed by atoms with van der Waals surface area (Å²) in [5.41, 5.74) is 1.74. The summed E-state index contributed by atoms with van der Waals surface area (Å²) in [7, 11) is 1.97. The highest BCUT2D eigenvalue weighted by Crippen LogP contribution is 2.17. The molecule has 2 aromatic rings. The third-order valence-corrected chi connectivity index (χ3v) is 3.21. The van der Waals surface area contributed by atoms with Crippen LogP contribution in [0, 0.1) is 12.7 Å². The van der Waals surface area contributed by atoms with Crippen molar-refractivity contribution in [2.45, 2.75) is 13.5 Å². The lowest BCUT2D eigenvalue weighted by Gasteiger charge is -2.18. The van der Waals surface area contributed by atoms with Gasteiger partial charge in [0.1, 0.15) is 11.6 Å². The second kappa shape index (κ2) is 5.48. The molecular weight excluding hydrogens is 295 g/mol. The van der Waals surface area contributed by atoms with Crippen LogP contribution in [-0.4, -0.2) is 12.0 Å². The Balaban J connectivity index is 2.13. The lowest BCUT2D eigenvalue weighted by molar-refractivity contribution is 0.617. The Morgan fingerprint density at radius 3 is 2.67 bits per heavy atom. The fourth-order valence-corrected chi connectivity index (χ4v) is 1.99. The zero-order valence-electron chi connectivity index (χ0n) is 10.3. The number of benzene rings is 1. The maximum absolute atomic E-state index is 13.2. The first-order valence-electron chi connectivity index (χ1n) is 5.64. The molecule has 0 N–H and O–H groups in total. The Bertz CT molecular complexity index is 540. The number of anilines is 1. The normalized spacial score (nSPS) is 10.4. The standard InChI is InChI=1S/C14H14BrFN2/c1-10-7-11(3-5-13(10)16)9-18(2)14-6-4-12(15)8-17-14/h3-8H,9H2,1-2H3. The minimum absolute atomic E-state index is 0.164. The molecule has 0 saturated heterocycles. The quantitative estimate of drug-likeness (QED) is 0.854. The van der Waals surface area contributed by atoms with Crippen LogP contribution in [0.3, 0.4) is 0 Å². The van der Waals surface area contributed by atoms with Gasteiger partial charge in [-0.3, -0.25) is 0 Å². The average Bonchev–Trinajstić information content (AvgIpc) is 2.34. The Morgan fingerprint density at radius 1 is 1.28 bits per heavy atom. The summed E-state index contributed by atoms with van der Waals surface area (Å²) in [6, 6.07) is 9.07. The first-order valence-corrected chi connectivity index (χ1v) is 6.43. The molecule has 2 rings (SSSR count). The smallest absolute Gasteiger partial charge is 0.128 e. The van der Waals surface area contributed by atoms with Crippen molar-refractivity contribution in [2.75, 3.05) is 11.9 Å². The van der Waals surface area contributed by atoms with Crippen molar-refractivity contribution in [3.05, 3.63) is 57.9 Å². The number of aryl methyl sites for hydroxylation is 1. The van der Waals surface area contributed by atoms with Crippen LogP contribution < -0.4 is 4.90 Å². The summed E-state index contributed by atoms with van der Waals surface area (Å²) in [5, 5.41) is 0.